The number of hydrogen-bond donors (Lipinski definition) is 3. The summed E-state index contributed by atoms with van der Waals surface area (Å²) in [5.74, 6) is -0.560. The second kappa shape index (κ2) is 6.27. The van der Waals surface area contributed by atoms with Gasteiger partial charge in [0.15, 0.2) is 0 Å². The van der Waals surface area contributed by atoms with Crippen LogP contribution in [0.15, 0.2) is 18.2 Å². The Hall–Kier alpha value is -2.24. The van der Waals surface area contributed by atoms with Crippen LogP contribution in [-0.4, -0.2) is 31.1 Å². The number of nitrogen functional groups attached to an aromatic ring is 1. The second-order valence-corrected chi connectivity index (χ2v) is 4.69. The minimum atomic E-state index is -0.454. The minimum absolute atomic E-state index is 0.0805. The molecule has 0 aromatic heterocycles. The quantitative estimate of drug-likeness (QED) is 0.535. The normalized spacial score (nSPS) is 13.7. The van der Waals surface area contributed by atoms with Gasteiger partial charge in [-0.2, -0.15) is 0 Å². The highest BCUT2D eigenvalue weighted by Gasteiger charge is 2.23. The van der Waals surface area contributed by atoms with Crippen LogP contribution in [-0.2, 0) is 9.53 Å². The molecule has 0 spiro atoms. The Kier molecular flexibility index (Phi) is 4.45. The van der Waals surface area contributed by atoms with E-state index in [0.717, 1.165) is 12.8 Å². The molecule has 2 rings (SSSR count). The van der Waals surface area contributed by atoms with E-state index in [1.165, 1.54) is 0 Å². The first-order chi connectivity index (χ1) is 9.61. The van der Waals surface area contributed by atoms with Gasteiger partial charge in [0.05, 0.1) is 30.1 Å². The van der Waals surface area contributed by atoms with Gasteiger partial charge in [-0.15, -0.1) is 0 Å². The van der Waals surface area contributed by atoms with Crippen molar-refractivity contribution in [1.29, 1.82) is 0 Å². The van der Waals surface area contributed by atoms with E-state index < -0.39 is 5.97 Å². The number of nitrogens with one attached hydrogen (secondary N) is 2. The molecule has 1 fully saturated rings. The van der Waals surface area contributed by atoms with E-state index in [4.69, 9.17) is 10.5 Å². The summed E-state index contributed by atoms with van der Waals surface area (Å²) in [4.78, 5) is 23.5. The number of anilines is 2. The first kappa shape index (κ1) is 14.2. The molecule has 0 aliphatic heterocycles. The molecule has 1 aromatic rings. The Morgan fingerprint density at radius 3 is 2.80 bits per heavy atom. The minimum Gasteiger partial charge on any atom is -0.462 e. The zero-order valence-corrected chi connectivity index (χ0v) is 11.4. The van der Waals surface area contributed by atoms with Crippen molar-refractivity contribution in [2.45, 2.75) is 25.8 Å². The molecular weight excluding hydrogens is 258 g/mol. The lowest BCUT2D eigenvalue weighted by Crippen LogP contribution is -2.31. The molecule has 20 heavy (non-hydrogen) atoms. The maximum atomic E-state index is 11.8. The maximum absolute atomic E-state index is 11.8. The molecule has 0 saturated heterocycles. The zero-order valence-electron chi connectivity index (χ0n) is 11.4. The van der Waals surface area contributed by atoms with E-state index in [1.54, 1.807) is 25.1 Å². The van der Waals surface area contributed by atoms with Crippen molar-refractivity contribution in [1.82, 2.24) is 5.32 Å². The molecule has 1 aliphatic rings. The molecule has 0 unspecified atom stereocenters. The summed E-state index contributed by atoms with van der Waals surface area (Å²) in [6.07, 6.45) is 2.07. The SMILES string of the molecule is CCOC(=O)c1cccc(N)c1NCC(=O)NC1CC1. The van der Waals surface area contributed by atoms with Crippen LogP contribution in [0, 0.1) is 0 Å². The van der Waals surface area contributed by atoms with E-state index >= 15 is 0 Å². The van der Waals surface area contributed by atoms with E-state index in [9.17, 15) is 9.59 Å². The van der Waals surface area contributed by atoms with Crippen LogP contribution in [0.4, 0.5) is 11.4 Å². The predicted molar refractivity (Wildman–Crippen MR) is 76.5 cm³/mol. The van der Waals surface area contributed by atoms with Gasteiger partial charge in [-0.25, -0.2) is 4.79 Å². The van der Waals surface area contributed by atoms with Crippen molar-refractivity contribution in [2.75, 3.05) is 24.2 Å². The molecule has 6 heteroatoms. The van der Waals surface area contributed by atoms with Crippen LogP contribution in [0.25, 0.3) is 0 Å². The van der Waals surface area contributed by atoms with Crippen molar-refractivity contribution < 1.29 is 14.3 Å². The molecule has 0 atom stereocenters. The van der Waals surface area contributed by atoms with E-state index in [2.05, 4.69) is 10.6 Å². The number of esters is 1. The van der Waals surface area contributed by atoms with E-state index in [0.29, 0.717) is 23.0 Å². The molecule has 0 bridgehead atoms. The fraction of sp³-hybridized carbons (Fsp3) is 0.429. The van der Waals surface area contributed by atoms with Crippen molar-refractivity contribution in [2.24, 2.45) is 0 Å². The largest absolute Gasteiger partial charge is 0.462 e. The number of rotatable bonds is 6. The number of hydrogen-bond acceptors (Lipinski definition) is 5. The highest BCUT2D eigenvalue weighted by Crippen LogP contribution is 2.24. The fourth-order valence-electron chi connectivity index (χ4n) is 1.82. The van der Waals surface area contributed by atoms with Gasteiger partial charge < -0.3 is 21.1 Å². The summed E-state index contributed by atoms with van der Waals surface area (Å²) >= 11 is 0. The van der Waals surface area contributed by atoms with Gasteiger partial charge in [-0.1, -0.05) is 6.07 Å². The van der Waals surface area contributed by atoms with Crippen molar-refractivity contribution in [3.63, 3.8) is 0 Å². The van der Waals surface area contributed by atoms with Crippen molar-refractivity contribution in [3.8, 4) is 0 Å². The van der Waals surface area contributed by atoms with Gasteiger partial charge in [-0.3, -0.25) is 4.79 Å². The zero-order chi connectivity index (χ0) is 14.5. The van der Waals surface area contributed by atoms with E-state index in [-0.39, 0.29) is 19.1 Å². The Balaban J connectivity index is 2.04. The molecular formula is C14H19N3O3. The highest BCUT2D eigenvalue weighted by molar-refractivity contribution is 5.99. The Morgan fingerprint density at radius 2 is 2.15 bits per heavy atom. The third-order valence-electron chi connectivity index (χ3n) is 2.96. The molecule has 1 amide bonds. The van der Waals surface area contributed by atoms with Crippen LogP contribution in [0.5, 0.6) is 0 Å². The second-order valence-electron chi connectivity index (χ2n) is 4.69. The number of nitrogens with two attached hydrogens (primary N) is 1. The summed E-state index contributed by atoms with van der Waals surface area (Å²) in [7, 11) is 0. The summed E-state index contributed by atoms with van der Waals surface area (Å²) in [5, 5.41) is 5.77. The number of amides is 1. The maximum Gasteiger partial charge on any atom is 0.340 e. The van der Waals surface area contributed by atoms with Crippen LogP contribution in [0.1, 0.15) is 30.1 Å². The number of carbonyl (C=O) groups excluding carboxylic acids is 2. The molecule has 4 N–H and O–H groups in total. The first-order valence-electron chi connectivity index (χ1n) is 6.70. The van der Waals surface area contributed by atoms with Crippen molar-refractivity contribution in [3.05, 3.63) is 23.8 Å². The lowest BCUT2D eigenvalue weighted by atomic mass is 10.1. The fourth-order valence-corrected chi connectivity index (χ4v) is 1.82. The van der Waals surface area contributed by atoms with Crippen LogP contribution in [0.2, 0.25) is 0 Å². The standard InChI is InChI=1S/C14H19N3O3/c1-2-20-14(19)10-4-3-5-11(15)13(10)16-8-12(18)17-9-6-7-9/h3-5,9,16H,2,6-8,15H2,1H3,(H,17,18). The average Bonchev–Trinajstić information content (AvgIpc) is 3.21. The molecule has 108 valence electrons. The summed E-state index contributed by atoms with van der Waals surface area (Å²) in [6.45, 7) is 2.10. The predicted octanol–water partition coefficient (Wildman–Crippen LogP) is 1.14. The van der Waals surface area contributed by atoms with Gasteiger partial charge in [-0.05, 0) is 31.9 Å². The average molecular weight is 277 g/mol. The van der Waals surface area contributed by atoms with Gasteiger partial charge in [0.25, 0.3) is 0 Å². The van der Waals surface area contributed by atoms with Crippen LogP contribution >= 0.6 is 0 Å². The number of ether oxygens (including phenoxy) is 1. The third kappa shape index (κ3) is 3.63. The Bertz CT molecular complexity index is 512. The van der Waals surface area contributed by atoms with Crippen molar-refractivity contribution >= 4 is 23.3 Å². The summed E-state index contributed by atoms with van der Waals surface area (Å²) in [6, 6.07) is 5.28. The molecule has 1 aromatic carbocycles. The number of para-hydroxylation sites is 1. The highest BCUT2D eigenvalue weighted by atomic mass is 16.5. The smallest absolute Gasteiger partial charge is 0.340 e. The van der Waals surface area contributed by atoms with Gasteiger partial charge >= 0.3 is 5.97 Å². The molecule has 0 radical (unpaired) electrons. The Labute approximate surface area is 117 Å². The first-order valence-corrected chi connectivity index (χ1v) is 6.70. The molecule has 1 aliphatic carbocycles. The topological polar surface area (TPSA) is 93.4 Å². The van der Waals surface area contributed by atoms with Gasteiger partial charge in [0.1, 0.15) is 0 Å². The molecule has 1 saturated carbocycles. The Morgan fingerprint density at radius 1 is 1.40 bits per heavy atom. The van der Waals surface area contributed by atoms with Gasteiger partial charge in [0.2, 0.25) is 5.91 Å². The lowest BCUT2D eigenvalue weighted by molar-refractivity contribution is -0.119. The van der Waals surface area contributed by atoms with Crippen LogP contribution in [0.3, 0.4) is 0 Å². The molecule has 6 nitrogen and oxygen atoms in total. The van der Waals surface area contributed by atoms with Crippen LogP contribution < -0.4 is 16.4 Å². The van der Waals surface area contributed by atoms with E-state index in [1.807, 2.05) is 0 Å². The van der Waals surface area contributed by atoms with Gasteiger partial charge in [0, 0.05) is 6.04 Å². The summed E-state index contributed by atoms with van der Waals surface area (Å²) < 4.78 is 4.97. The lowest BCUT2D eigenvalue weighted by Gasteiger charge is -2.13. The third-order valence-corrected chi connectivity index (χ3v) is 2.96. The monoisotopic (exact) mass is 277 g/mol. The number of carbonyl (C=O) groups is 2. The molecule has 0 heterocycles. The summed E-state index contributed by atoms with van der Waals surface area (Å²) in [5.41, 5.74) is 7.05. The number of benzene rings is 1.